The lowest BCUT2D eigenvalue weighted by atomic mass is 9.97. The smallest absolute Gasteiger partial charge is 0.0700 e. The second-order valence-electron chi connectivity index (χ2n) is 4.78. The summed E-state index contributed by atoms with van der Waals surface area (Å²) in [6.07, 6.45) is 10.7. The maximum absolute atomic E-state index is 5.53. The van der Waals surface area contributed by atoms with Crippen molar-refractivity contribution in [2.75, 3.05) is 13.2 Å². The third-order valence-corrected chi connectivity index (χ3v) is 3.61. The largest absolute Gasteiger partial charge is 0.377 e. The van der Waals surface area contributed by atoms with Crippen LogP contribution in [-0.4, -0.2) is 25.3 Å². The van der Waals surface area contributed by atoms with Crippen molar-refractivity contribution < 1.29 is 4.74 Å². The van der Waals surface area contributed by atoms with Gasteiger partial charge in [-0.25, -0.2) is 0 Å². The molecule has 0 aromatic heterocycles. The first kappa shape index (κ1) is 11.2. The Hall–Kier alpha value is -0.340. The SMILES string of the molecule is CC1OCCC1NCCC1=CCCCC1. The summed E-state index contributed by atoms with van der Waals surface area (Å²) < 4.78 is 5.53. The fourth-order valence-corrected chi connectivity index (χ4v) is 2.55. The highest BCUT2D eigenvalue weighted by Gasteiger charge is 2.23. The van der Waals surface area contributed by atoms with E-state index in [1.807, 2.05) is 0 Å². The van der Waals surface area contributed by atoms with Gasteiger partial charge in [0.15, 0.2) is 0 Å². The van der Waals surface area contributed by atoms with Crippen LogP contribution in [-0.2, 0) is 4.74 Å². The van der Waals surface area contributed by atoms with Gasteiger partial charge in [-0.15, -0.1) is 0 Å². The number of hydrogen-bond donors (Lipinski definition) is 1. The number of hydrogen-bond acceptors (Lipinski definition) is 2. The third-order valence-electron chi connectivity index (χ3n) is 3.61. The molecular weight excluding hydrogens is 186 g/mol. The van der Waals surface area contributed by atoms with Crippen molar-refractivity contribution in [3.63, 3.8) is 0 Å². The van der Waals surface area contributed by atoms with Crippen molar-refractivity contribution in [3.05, 3.63) is 11.6 Å². The highest BCUT2D eigenvalue weighted by molar-refractivity contribution is 5.05. The number of ether oxygens (including phenoxy) is 1. The zero-order chi connectivity index (χ0) is 10.5. The third kappa shape index (κ3) is 3.32. The summed E-state index contributed by atoms with van der Waals surface area (Å²) in [6.45, 7) is 4.23. The first-order chi connectivity index (χ1) is 7.36. The molecule has 2 unspecified atom stereocenters. The molecule has 0 saturated carbocycles. The quantitative estimate of drug-likeness (QED) is 0.719. The molecule has 2 rings (SSSR count). The van der Waals surface area contributed by atoms with Crippen LogP contribution in [0.5, 0.6) is 0 Å². The van der Waals surface area contributed by atoms with Crippen molar-refractivity contribution in [1.82, 2.24) is 5.32 Å². The van der Waals surface area contributed by atoms with Gasteiger partial charge in [0.05, 0.1) is 6.10 Å². The van der Waals surface area contributed by atoms with Crippen molar-refractivity contribution >= 4 is 0 Å². The van der Waals surface area contributed by atoms with Gasteiger partial charge >= 0.3 is 0 Å². The molecule has 2 heteroatoms. The van der Waals surface area contributed by atoms with Gasteiger partial charge in [0.2, 0.25) is 0 Å². The van der Waals surface area contributed by atoms with E-state index >= 15 is 0 Å². The normalized spacial score (nSPS) is 31.7. The van der Waals surface area contributed by atoms with E-state index in [1.54, 1.807) is 5.57 Å². The van der Waals surface area contributed by atoms with Crippen molar-refractivity contribution in [3.8, 4) is 0 Å². The Kier molecular flexibility index (Phi) is 4.21. The molecule has 0 aromatic carbocycles. The van der Waals surface area contributed by atoms with Gasteiger partial charge in [-0.3, -0.25) is 0 Å². The molecular formula is C13H23NO. The lowest BCUT2D eigenvalue weighted by molar-refractivity contribution is 0.113. The molecule has 1 aliphatic carbocycles. The maximum Gasteiger partial charge on any atom is 0.0700 e. The van der Waals surface area contributed by atoms with Gasteiger partial charge < -0.3 is 10.1 Å². The van der Waals surface area contributed by atoms with Crippen LogP contribution in [0.1, 0.15) is 45.4 Å². The Bertz CT molecular complexity index is 225. The molecule has 86 valence electrons. The molecule has 1 aliphatic heterocycles. The summed E-state index contributed by atoms with van der Waals surface area (Å²) in [5.74, 6) is 0. The van der Waals surface area contributed by atoms with Gasteiger partial charge in [-0.1, -0.05) is 11.6 Å². The van der Waals surface area contributed by atoms with E-state index in [9.17, 15) is 0 Å². The summed E-state index contributed by atoms with van der Waals surface area (Å²) in [5.41, 5.74) is 1.67. The lowest BCUT2D eigenvalue weighted by Gasteiger charge is -2.17. The average Bonchev–Trinajstić information content (AvgIpc) is 2.66. The molecule has 0 amide bonds. The van der Waals surface area contributed by atoms with E-state index in [4.69, 9.17) is 4.74 Å². The standard InChI is InChI=1S/C13H23NO/c1-11-13(8-10-15-11)14-9-7-12-5-3-2-4-6-12/h5,11,13-14H,2-4,6-10H2,1H3. The Labute approximate surface area is 93.1 Å². The van der Waals surface area contributed by atoms with E-state index < -0.39 is 0 Å². The second kappa shape index (κ2) is 5.66. The molecule has 2 atom stereocenters. The predicted molar refractivity (Wildman–Crippen MR) is 63.0 cm³/mol. The average molecular weight is 209 g/mol. The minimum Gasteiger partial charge on any atom is -0.377 e. The molecule has 0 spiro atoms. The van der Waals surface area contributed by atoms with Crippen molar-refractivity contribution in [2.45, 2.75) is 57.6 Å². The minimum atomic E-state index is 0.408. The molecule has 15 heavy (non-hydrogen) atoms. The monoisotopic (exact) mass is 209 g/mol. The first-order valence-electron chi connectivity index (χ1n) is 6.39. The van der Waals surface area contributed by atoms with Crippen LogP contribution >= 0.6 is 0 Å². The summed E-state index contributed by atoms with van der Waals surface area (Å²) in [5, 5.41) is 3.61. The highest BCUT2D eigenvalue weighted by atomic mass is 16.5. The molecule has 1 saturated heterocycles. The predicted octanol–water partition coefficient (Wildman–Crippen LogP) is 2.64. The molecule has 2 nitrogen and oxygen atoms in total. The van der Waals surface area contributed by atoms with Crippen LogP contribution < -0.4 is 5.32 Å². The lowest BCUT2D eigenvalue weighted by Crippen LogP contribution is -2.35. The van der Waals surface area contributed by atoms with E-state index in [-0.39, 0.29) is 0 Å². The minimum absolute atomic E-state index is 0.408. The van der Waals surface area contributed by atoms with Crippen molar-refractivity contribution in [1.29, 1.82) is 0 Å². The number of rotatable bonds is 4. The highest BCUT2D eigenvalue weighted by Crippen LogP contribution is 2.20. The summed E-state index contributed by atoms with van der Waals surface area (Å²) >= 11 is 0. The van der Waals surface area contributed by atoms with E-state index in [2.05, 4.69) is 18.3 Å². The Morgan fingerprint density at radius 3 is 3.07 bits per heavy atom. The second-order valence-corrected chi connectivity index (χ2v) is 4.78. The Morgan fingerprint density at radius 1 is 1.47 bits per heavy atom. The summed E-state index contributed by atoms with van der Waals surface area (Å²) in [6, 6.07) is 0.592. The van der Waals surface area contributed by atoms with Crippen LogP contribution in [0.2, 0.25) is 0 Å². The van der Waals surface area contributed by atoms with Gasteiger partial charge in [-0.2, -0.15) is 0 Å². The molecule has 0 bridgehead atoms. The first-order valence-corrected chi connectivity index (χ1v) is 6.39. The zero-order valence-corrected chi connectivity index (χ0v) is 9.80. The fraction of sp³-hybridized carbons (Fsp3) is 0.846. The topological polar surface area (TPSA) is 21.3 Å². The molecule has 1 N–H and O–H groups in total. The molecule has 2 aliphatic rings. The van der Waals surface area contributed by atoms with E-state index in [1.165, 1.54) is 38.5 Å². The van der Waals surface area contributed by atoms with Crippen LogP contribution in [0.15, 0.2) is 11.6 Å². The van der Waals surface area contributed by atoms with Gasteiger partial charge in [0.25, 0.3) is 0 Å². The van der Waals surface area contributed by atoms with Crippen LogP contribution in [0.3, 0.4) is 0 Å². The van der Waals surface area contributed by atoms with E-state index in [0.29, 0.717) is 12.1 Å². The van der Waals surface area contributed by atoms with Crippen LogP contribution in [0, 0.1) is 0 Å². The van der Waals surface area contributed by atoms with E-state index in [0.717, 1.165) is 13.2 Å². The number of allylic oxidation sites excluding steroid dienone is 1. The molecule has 0 aromatic rings. The van der Waals surface area contributed by atoms with Crippen LogP contribution in [0.4, 0.5) is 0 Å². The van der Waals surface area contributed by atoms with Crippen molar-refractivity contribution in [2.24, 2.45) is 0 Å². The Morgan fingerprint density at radius 2 is 2.40 bits per heavy atom. The summed E-state index contributed by atoms with van der Waals surface area (Å²) in [7, 11) is 0. The maximum atomic E-state index is 5.53. The summed E-state index contributed by atoms with van der Waals surface area (Å²) in [4.78, 5) is 0. The van der Waals surface area contributed by atoms with Gasteiger partial charge in [0.1, 0.15) is 0 Å². The van der Waals surface area contributed by atoms with Gasteiger partial charge in [0, 0.05) is 12.6 Å². The molecule has 0 radical (unpaired) electrons. The number of nitrogens with one attached hydrogen (secondary N) is 1. The Balaban J connectivity index is 1.63. The zero-order valence-electron chi connectivity index (χ0n) is 9.80. The van der Waals surface area contributed by atoms with Crippen LogP contribution in [0.25, 0.3) is 0 Å². The fourth-order valence-electron chi connectivity index (χ4n) is 2.55. The molecule has 1 fully saturated rings. The van der Waals surface area contributed by atoms with Gasteiger partial charge in [-0.05, 0) is 52.0 Å². The molecule has 1 heterocycles.